The quantitative estimate of drug-likeness (QED) is 0.455. The summed E-state index contributed by atoms with van der Waals surface area (Å²) in [6.07, 6.45) is 4.23. The van der Waals surface area contributed by atoms with Crippen LogP contribution in [0.1, 0.15) is 13.8 Å². The van der Waals surface area contributed by atoms with Gasteiger partial charge in [-0.25, -0.2) is 0 Å². The first-order valence-corrected chi connectivity index (χ1v) is 10.1. The minimum Gasteiger partial charge on any atom is -0.142 e. The molecule has 108 valence electrons. The van der Waals surface area contributed by atoms with Gasteiger partial charge in [0.25, 0.3) is 0 Å². The predicted octanol–water partition coefficient (Wildman–Crippen LogP) is 5.73. The maximum absolute atomic E-state index is 4.63. The zero-order valence-corrected chi connectivity index (χ0v) is 16.8. The molecule has 0 nitrogen and oxygen atoms in total. The highest BCUT2D eigenvalue weighted by Gasteiger charge is 2.31. The van der Waals surface area contributed by atoms with Crippen molar-refractivity contribution in [2.75, 3.05) is 12.5 Å². The monoisotopic (exact) mass is 376 g/mol. The van der Waals surface area contributed by atoms with Crippen molar-refractivity contribution in [1.29, 1.82) is 0 Å². The molecule has 0 saturated heterocycles. The minimum absolute atomic E-state index is 0.799. The van der Waals surface area contributed by atoms with E-state index in [2.05, 4.69) is 76.9 Å². The summed E-state index contributed by atoms with van der Waals surface area (Å²) in [5.74, 6) is 0. The van der Waals surface area contributed by atoms with Crippen LogP contribution in [0.2, 0.25) is 0 Å². The van der Waals surface area contributed by atoms with E-state index in [0.29, 0.717) is 0 Å². The molecule has 0 saturated carbocycles. The van der Waals surface area contributed by atoms with Gasteiger partial charge in [0.2, 0.25) is 0 Å². The lowest BCUT2D eigenvalue weighted by atomic mass is 10.0. The van der Waals surface area contributed by atoms with Crippen molar-refractivity contribution in [2.24, 2.45) is 0 Å². The van der Waals surface area contributed by atoms with Gasteiger partial charge in [-0.05, 0) is 37.5 Å². The van der Waals surface area contributed by atoms with Crippen LogP contribution < -0.4 is 0 Å². The molecule has 20 heavy (non-hydrogen) atoms. The molecule has 0 aliphatic heterocycles. The van der Waals surface area contributed by atoms with Gasteiger partial charge in [-0.3, -0.25) is 0 Å². The van der Waals surface area contributed by atoms with Gasteiger partial charge in [-0.1, -0.05) is 0 Å². The Kier molecular flexibility index (Phi) is 5.58. The highest BCUT2D eigenvalue weighted by molar-refractivity contribution is 8.06. The maximum atomic E-state index is 4.63. The topological polar surface area (TPSA) is 0 Å². The third-order valence-electron chi connectivity index (χ3n) is 3.52. The molecule has 2 rings (SSSR count). The van der Waals surface area contributed by atoms with Crippen molar-refractivity contribution in [3.63, 3.8) is 0 Å². The zero-order chi connectivity index (χ0) is 15.2. The van der Waals surface area contributed by atoms with Crippen LogP contribution in [-0.4, -0.2) is 12.5 Å². The van der Waals surface area contributed by atoms with E-state index in [0.717, 1.165) is 25.2 Å². The Hall–Kier alpha value is 0.800. The summed E-state index contributed by atoms with van der Waals surface area (Å²) in [6.45, 7) is 4.33. The van der Waals surface area contributed by atoms with Crippen LogP contribution in [0, 0.1) is 0 Å². The first kappa shape index (κ1) is 17.2. The van der Waals surface area contributed by atoms with Crippen molar-refractivity contribution in [3.8, 4) is 0 Å². The number of rotatable bonds is 2. The third-order valence-corrected chi connectivity index (χ3v) is 7.70. The average Bonchev–Trinajstić information content (AvgIpc) is 2.78. The second kappa shape index (κ2) is 6.50. The SMILES string of the molecule is CSC1=C(SC)C(=C2C(S)=C(S)C(S)=C2S)C(C)=C1C. The number of hydrogen-bond donors (Lipinski definition) is 4. The first-order valence-electron chi connectivity index (χ1n) is 5.87. The fourth-order valence-corrected chi connectivity index (χ4v) is 5.79. The summed E-state index contributed by atoms with van der Waals surface area (Å²) in [7, 11) is 0. The first-order chi connectivity index (χ1) is 9.36. The maximum Gasteiger partial charge on any atom is 0.0326 e. The standard InChI is InChI=1S/C14H16S6/c1-5-6(2)13(19-3)14(20-4)7(5)8-9(15)11(17)12(18)10(8)16/h15-18H,1-4H3. The second-order valence-electron chi connectivity index (χ2n) is 4.46. The Balaban J connectivity index is 2.82. The van der Waals surface area contributed by atoms with Crippen molar-refractivity contribution in [3.05, 3.63) is 51.7 Å². The molecule has 0 aromatic heterocycles. The minimum atomic E-state index is 0.799. The van der Waals surface area contributed by atoms with Gasteiger partial charge < -0.3 is 0 Å². The van der Waals surface area contributed by atoms with Crippen molar-refractivity contribution in [2.45, 2.75) is 13.8 Å². The predicted molar refractivity (Wildman–Crippen MR) is 109 cm³/mol. The van der Waals surface area contributed by atoms with Gasteiger partial charge in [0, 0.05) is 40.6 Å². The number of allylic oxidation sites excluding steroid dienone is 5. The van der Waals surface area contributed by atoms with Gasteiger partial charge in [-0.2, -0.15) is 0 Å². The van der Waals surface area contributed by atoms with Gasteiger partial charge in [0.05, 0.1) is 0 Å². The number of hydrogen-bond acceptors (Lipinski definition) is 6. The molecular formula is C14H16S6. The van der Waals surface area contributed by atoms with Crippen LogP contribution >= 0.6 is 74.0 Å². The summed E-state index contributed by atoms with van der Waals surface area (Å²) >= 11 is 21.8. The smallest absolute Gasteiger partial charge is 0.0326 e. The molecule has 6 heteroatoms. The van der Waals surface area contributed by atoms with Crippen LogP contribution in [0.3, 0.4) is 0 Å². The largest absolute Gasteiger partial charge is 0.142 e. The van der Waals surface area contributed by atoms with Crippen LogP contribution in [0.4, 0.5) is 0 Å². The van der Waals surface area contributed by atoms with Gasteiger partial charge in [0.1, 0.15) is 0 Å². The highest BCUT2D eigenvalue weighted by atomic mass is 32.2. The van der Waals surface area contributed by atoms with E-state index in [9.17, 15) is 0 Å². The molecule has 0 N–H and O–H groups in total. The fourth-order valence-electron chi connectivity index (χ4n) is 2.36. The molecule has 0 aromatic rings. The molecule has 0 aromatic carbocycles. The van der Waals surface area contributed by atoms with Crippen molar-refractivity contribution >= 4 is 74.0 Å². The lowest BCUT2D eigenvalue weighted by molar-refractivity contribution is 1.35. The number of thiol groups is 4. The lowest BCUT2D eigenvalue weighted by Crippen LogP contribution is -1.93. The molecule has 0 heterocycles. The summed E-state index contributed by atoms with van der Waals surface area (Å²) in [6, 6.07) is 0. The van der Waals surface area contributed by atoms with E-state index >= 15 is 0 Å². The lowest BCUT2D eigenvalue weighted by Gasteiger charge is -2.13. The van der Waals surface area contributed by atoms with Crippen LogP contribution in [0.15, 0.2) is 51.7 Å². The Morgan fingerprint density at radius 1 is 0.600 bits per heavy atom. The molecule has 2 aliphatic carbocycles. The average molecular weight is 377 g/mol. The Bertz CT molecular complexity index is 617. The van der Waals surface area contributed by atoms with Gasteiger partial charge in [-0.15, -0.1) is 74.0 Å². The van der Waals surface area contributed by atoms with E-state index in [1.807, 2.05) is 0 Å². The molecule has 0 radical (unpaired) electrons. The summed E-state index contributed by atoms with van der Waals surface area (Å²) in [5, 5.41) is 0. The van der Waals surface area contributed by atoms with Crippen LogP contribution in [-0.2, 0) is 0 Å². The van der Waals surface area contributed by atoms with E-state index in [1.54, 1.807) is 23.5 Å². The third kappa shape index (κ3) is 2.50. The highest BCUT2D eigenvalue weighted by Crippen LogP contribution is 2.53. The van der Waals surface area contributed by atoms with Gasteiger partial charge >= 0.3 is 0 Å². The Morgan fingerprint density at radius 3 is 1.45 bits per heavy atom. The summed E-state index contributed by atoms with van der Waals surface area (Å²) in [4.78, 5) is 5.96. The molecule has 0 atom stereocenters. The van der Waals surface area contributed by atoms with Gasteiger partial charge in [0.15, 0.2) is 0 Å². The fraction of sp³-hybridized carbons (Fsp3) is 0.286. The number of thioether (sulfide) groups is 2. The van der Waals surface area contributed by atoms with Crippen LogP contribution in [0.25, 0.3) is 0 Å². The van der Waals surface area contributed by atoms with E-state index in [4.69, 9.17) is 0 Å². The molecule has 0 unspecified atom stereocenters. The Labute approximate surface area is 151 Å². The molecule has 0 fully saturated rings. The van der Waals surface area contributed by atoms with E-state index in [1.165, 1.54) is 26.5 Å². The molecular weight excluding hydrogens is 361 g/mol. The normalized spacial score (nSPS) is 20.4. The van der Waals surface area contributed by atoms with Crippen molar-refractivity contribution < 1.29 is 0 Å². The Morgan fingerprint density at radius 2 is 1.05 bits per heavy atom. The zero-order valence-electron chi connectivity index (χ0n) is 11.6. The van der Waals surface area contributed by atoms with Crippen molar-refractivity contribution in [1.82, 2.24) is 0 Å². The van der Waals surface area contributed by atoms with Crippen LogP contribution in [0.5, 0.6) is 0 Å². The molecule has 0 bridgehead atoms. The second-order valence-corrected chi connectivity index (χ2v) is 7.88. The van der Waals surface area contributed by atoms with E-state index in [-0.39, 0.29) is 0 Å². The summed E-state index contributed by atoms with van der Waals surface area (Å²) in [5.41, 5.74) is 4.90. The summed E-state index contributed by atoms with van der Waals surface area (Å²) < 4.78 is 0. The molecule has 2 aliphatic rings. The van der Waals surface area contributed by atoms with E-state index < -0.39 is 0 Å². The molecule has 0 spiro atoms. The molecule has 0 amide bonds.